The molecule has 1 heterocycles. The van der Waals surface area contributed by atoms with E-state index >= 15 is 0 Å². The van der Waals surface area contributed by atoms with Crippen LogP contribution in [0.5, 0.6) is 0 Å². The minimum atomic E-state index is -0.949. The zero-order valence-electron chi connectivity index (χ0n) is 8.10. The summed E-state index contributed by atoms with van der Waals surface area (Å²) in [5, 5.41) is 9.51. The van der Waals surface area contributed by atoms with Gasteiger partial charge < -0.3 is 9.84 Å². The highest BCUT2D eigenvalue weighted by Crippen LogP contribution is 2.13. The molecule has 1 rings (SSSR count). The summed E-state index contributed by atoms with van der Waals surface area (Å²) < 4.78 is 4.42. The van der Waals surface area contributed by atoms with Crippen LogP contribution in [-0.4, -0.2) is 28.2 Å². The Morgan fingerprint density at radius 1 is 1.57 bits per heavy atom. The number of hydrogen-bond donors (Lipinski definition) is 1. The van der Waals surface area contributed by atoms with Gasteiger partial charge in [-0.1, -0.05) is 0 Å². The van der Waals surface area contributed by atoms with Crippen molar-refractivity contribution in [1.82, 2.24) is 9.97 Å². The van der Waals surface area contributed by atoms with Crippen molar-refractivity contribution in [3.63, 3.8) is 0 Å². The fourth-order valence-electron chi connectivity index (χ4n) is 0.920. The van der Waals surface area contributed by atoms with Crippen molar-refractivity contribution >= 4 is 5.97 Å². The Kier molecular flexibility index (Phi) is 3.53. The second-order valence-electron chi connectivity index (χ2n) is 2.88. The van der Waals surface area contributed by atoms with Gasteiger partial charge in [-0.3, -0.25) is 14.8 Å². The van der Waals surface area contributed by atoms with Gasteiger partial charge in [0.25, 0.3) is 0 Å². The van der Waals surface area contributed by atoms with E-state index in [2.05, 4.69) is 14.7 Å². The summed E-state index contributed by atoms with van der Waals surface area (Å²) in [5.74, 6) is -0.472. The Hall–Kier alpha value is -1.49. The summed E-state index contributed by atoms with van der Waals surface area (Å²) in [7, 11) is 1.27. The first-order valence-corrected chi connectivity index (χ1v) is 4.17. The number of ether oxygens (including phenoxy) is 1. The van der Waals surface area contributed by atoms with Gasteiger partial charge in [-0.2, -0.15) is 0 Å². The molecule has 0 aliphatic rings. The minimum Gasteiger partial charge on any atom is -0.469 e. The Bertz CT molecular complexity index is 310. The van der Waals surface area contributed by atoms with Crippen LogP contribution in [0.4, 0.5) is 0 Å². The van der Waals surface area contributed by atoms with E-state index < -0.39 is 12.1 Å². The Morgan fingerprint density at radius 2 is 2.29 bits per heavy atom. The second-order valence-corrected chi connectivity index (χ2v) is 2.88. The van der Waals surface area contributed by atoms with Gasteiger partial charge in [-0.05, 0) is 6.92 Å². The van der Waals surface area contributed by atoms with Gasteiger partial charge in [0.05, 0.1) is 31.1 Å². The summed E-state index contributed by atoms with van der Waals surface area (Å²) in [6.07, 6.45) is 1.93. The number of carbonyl (C=O) groups excluding carboxylic acids is 1. The summed E-state index contributed by atoms with van der Waals surface area (Å²) in [6, 6.07) is 0. The molecule has 0 aromatic carbocycles. The van der Waals surface area contributed by atoms with Crippen LogP contribution in [0.15, 0.2) is 12.4 Å². The van der Waals surface area contributed by atoms with Gasteiger partial charge >= 0.3 is 5.97 Å². The maximum atomic E-state index is 10.8. The molecule has 1 N–H and O–H groups in total. The topological polar surface area (TPSA) is 72.3 Å². The molecule has 5 nitrogen and oxygen atoms in total. The molecule has 0 saturated carbocycles. The van der Waals surface area contributed by atoms with Gasteiger partial charge in [-0.25, -0.2) is 0 Å². The summed E-state index contributed by atoms with van der Waals surface area (Å²) in [6.45, 7) is 1.80. The highest BCUT2D eigenvalue weighted by Gasteiger charge is 2.14. The number of hydrogen-bond acceptors (Lipinski definition) is 5. The van der Waals surface area contributed by atoms with Gasteiger partial charge in [0.15, 0.2) is 0 Å². The van der Waals surface area contributed by atoms with E-state index in [1.54, 1.807) is 6.92 Å². The molecule has 0 aliphatic carbocycles. The number of rotatable bonds is 3. The molecule has 1 aromatic rings. The van der Waals surface area contributed by atoms with Gasteiger partial charge in [0.1, 0.15) is 6.10 Å². The van der Waals surface area contributed by atoms with E-state index in [9.17, 15) is 9.90 Å². The number of aliphatic hydroxyl groups excluding tert-OH is 1. The van der Waals surface area contributed by atoms with Crippen molar-refractivity contribution in [2.75, 3.05) is 7.11 Å². The molecule has 14 heavy (non-hydrogen) atoms. The van der Waals surface area contributed by atoms with Gasteiger partial charge in [-0.15, -0.1) is 0 Å². The van der Waals surface area contributed by atoms with Crippen LogP contribution in [-0.2, 0) is 9.53 Å². The van der Waals surface area contributed by atoms with Crippen LogP contribution >= 0.6 is 0 Å². The number of aliphatic hydroxyl groups is 1. The Morgan fingerprint density at radius 3 is 2.79 bits per heavy atom. The lowest BCUT2D eigenvalue weighted by Gasteiger charge is -2.07. The molecule has 1 atom stereocenters. The molecule has 76 valence electrons. The van der Waals surface area contributed by atoms with Crippen LogP contribution in [0.3, 0.4) is 0 Å². The van der Waals surface area contributed by atoms with Gasteiger partial charge in [0.2, 0.25) is 0 Å². The van der Waals surface area contributed by atoms with Crippen LogP contribution < -0.4 is 0 Å². The molecule has 0 spiro atoms. The maximum Gasteiger partial charge on any atom is 0.308 e. The average Bonchev–Trinajstić information content (AvgIpc) is 2.18. The highest BCUT2D eigenvalue weighted by atomic mass is 16.5. The molecule has 0 radical (unpaired) electrons. The lowest BCUT2D eigenvalue weighted by atomic mass is 10.2. The van der Waals surface area contributed by atoms with Crippen molar-refractivity contribution in [2.24, 2.45) is 0 Å². The minimum absolute atomic E-state index is 0.103. The molecule has 0 unspecified atom stereocenters. The van der Waals surface area contributed by atoms with Crippen molar-refractivity contribution in [3.8, 4) is 0 Å². The highest BCUT2D eigenvalue weighted by molar-refractivity contribution is 5.69. The van der Waals surface area contributed by atoms with E-state index in [1.165, 1.54) is 19.5 Å². The summed E-state index contributed by atoms with van der Waals surface area (Å²) in [5.41, 5.74) is 1.14. The van der Waals surface area contributed by atoms with E-state index in [4.69, 9.17) is 0 Å². The zero-order chi connectivity index (χ0) is 10.6. The number of methoxy groups -OCH3 is 1. The Labute approximate surface area is 81.8 Å². The lowest BCUT2D eigenvalue weighted by molar-refractivity contribution is -0.142. The number of aryl methyl sites for hydroxylation is 1. The third kappa shape index (κ3) is 2.77. The normalized spacial score (nSPS) is 12.2. The fraction of sp³-hybridized carbons (Fsp3) is 0.444. The molecular formula is C9H12N2O3. The van der Waals surface area contributed by atoms with E-state index in [0.717, 1.165) is 5.69 Å². The number of esters is 1. The molecule has 0 amide bonds. The standard InChI is InChI=1S/C9H12N2O3/c1-6-4-11-7(5-10-6)8(12)3-9(13)14-2/h4-5,8,12H,3H2,1-2H3/t8-/m0/s1. The third-order valence-electron chi connectivity index (χ3n) is 1.73. The number of nitrogens with zero attached hydrogens (tertiary/aromatic N) is 2. The zero-order valence-corrected chi connectivity index (χ0v) is 8.10. The third-order valence-corrected chi connectivity index (χ3v) is 1.73. The van der Waals surface area contributed by atoms with Crippen molar-refractivity contribution in [2.45, 2.75) is 19.4 Å². The quantitative estimate of drug-likeness (QED) is 0.707. The molecule has 0 bridgehead atoms. The molecule has 0 saturated heterocycles. The van der Waals surface area contributed by atoms with E-state index in [0.29, 0.717) is 5.69 Å². The summed E-state index contributed by atoms with van der Waals surface area (Å²) >= 11 is 0. The monoisotopic (exact) mass is 196 g/mol. The first kappa shape index (κ1) is 10.6. The van der Waals surface area contributed by atoms with Crippen LogP contribution in [0.25, 0.3) is 0 Å². The van der Waals surface area contributed by atoms with Crippen LogP contribution in [0, 0.1) is 6.92 Å². The molecule has 5 heteroatoms. The predicted molar refractivity (Wildman–Crippen MR) is 48.4 cm³/mol. The van der Waals surface area contributed by atoms with Crippen LogP contribution in [0.1, 0.15) is 23.9 Å². The SMILES string of the molecule is COC(=O)C[C@H](O)c1cnc(C)cn1. The average molecular weight is 196 g/mol. The molecule has 0 aliphatic heterocycles. The number of carbonyl (C=O) groups is 1. The van der Waals surface area contributed by atoms with Crippen molar-refractivity contribution < 1.29 is 14.6 Å². The number of aromatic nitrogens is 2. The lowest BCUT2D eigenvalue weighted by Crippen LogP contribution is -2.09. The molecular weight excluding hydrogens is 184 g/mol. The van der Waals surface area contributed by atoms with E-state index in [1.807, 2.05) is 0 Å². The van der Waals surface area contributed by atoms with E-state index in [-0.39, 0.29) is 6.42 Å². The predicted octanol–water partition coefficient (Wildman–Crippen LogP) is 0.382. The fourth-order valence-corrected chi connectivity index (χ4v) is 0.920. The largest absolute Gasteiger partial charge is 0.469 e. The first-order valence-electron chi connectivity index (χ1n) is 4.17. The maximum absolute atomic E-state index is 10.8. The van der Waals surface area contributed by atoms with Crippen molar-refractivity contribution in [1.29, 1.82) is 0 Å². The van der Waals surface area contributed by atoms with Gasteiger partial charge in [0, 0.05) is 6.20 Å². The molecule has 0 fully saturated rings. The Balaban J connectivity index is 2.65. The smallest absolute Gasteiger partial charge is 0.308 e. The second kappa shape index (κ2) is 4.66. The molecule has 1 aromatic heterocycles. The van der Waals surface area contributed by atoms with Crippen molar-refractivity contribution in [3.05, 3.63) is 23.8 Å². The summed E-state index contributed by atoms with van der Waals surface area (Å²) in [4.78, 5) is 18.7. The van der Waals surface area contributed by atoms with Crippen LogP contribution in [0.2, 0.25) is 0 Å². The first-order chi connectivity index (χ1) is 6.63.